The molecule has 5 heteroatoms. The standard InChI is InChI=1S/C2H3N3O2/c3-5-2(7)4-1-6/h3H2,(H,5,7). The number of carbonyl (C=O) groups is 1. The average molecular weight is 101 g/mol. The Morgan fingerprint density at radius 2 is 2.43 bits per heavy atom. The van der Waals surface area contributed by atoms with Crippen LogP contribution in [0.2, 0.25) is 0 Å². The van der Waals surface area contributed by atoms with E-state index in [2.05, 4.69) is 10.8 Å². The molecule has 0 saturated heterocycles. The average Bonchev–Trinajstić information content (AvgIpc) is 1.68. The molecule has 0 unspecified atom stereocenters. The highest BCUT2D eigenvalue weighted by Crippen LogP contribution is 1.60. The molecule has 0 rings (SSSR count). The number of nitrogens with zero attached hydrogens (tertiary/aromatic N) is 1. The van der Waals surface area contributed by atoms with Crippen LogP contribution < -0.4 is 11.3 Å². The van der Waals surface area contributed by atoms with Crippen LogP contribution >= 0.6 is 0 Å². The minimum absolute atomic E-state index is 0.894. The molecule has 0 aliphatic heterocycles. The highest BCUT2D eigenvalue weighted by atomic mass is 16.2. The Hall–Kier alpha value is -1.19. The highest BCUT2D eigenvalue weighted by molar-refractivity contribution is 5.78. The lowest BCUT2D eigenvalue weighted by Crippen LogP contribution is -2.26. The van der Waals surface area contributed by atoms with E-state index in [1.807, 2.05) is 0 Å². The first kappa shape index (κ1) is 5.81. The van der Waals surface area contributed by atoms with Gasteiger partial charge in [0.2, 0.25) is 6.08 Å². The molecule has 5 nitrogen and oxygen atoms in total. The molecule has 0 aliphatic rings. The predicted molar refractivity (Wildman–Crippen MR) is 20.8 cm³/mol. The fourth-order valence-corrected chi connectivity index (χ4v) is 0.0737. The van der Waals surface area contributed by atoms with Crippen LogP contribution in [0.4, 0.5) is 4.79 Å². The van der Waals surface area contributed by atoms with Gasteiger partial charge in [0.25, 0.3) is 0 Å². The molecular formula is C2H3N3O2. The van der Waals surface area contributed by atoms with E-state index in [4.69, 9.17) is 4.79 Å². The van der Waals surface area contributed by atoms with E-state index in [-0.39, 0.29) is 0 Å². The molecule has 7 heavy (non-hydrogen) atoms. The van der Waals surface area contributed by atoms with Gasteiger partial charge in [-0.1, -0.05) is 0 Å². The number of urea groups is 1. The number of carbonyl (C=O) groups excluding carboxylic acids is 2. The molecule has 0 bridgehead atoms. The fraction of sp³-hybridized carbons (Fsp3) is 0. The molecule has 0 aromatic rings. The molecule has 2 amide bonds. The zero-order valence-corrected chi connectivity index (χ0v) is 3.34. The lowest BCUT2D eigenvalue weighted by Gasteiger charge is -1.80. The van der Waals surface area contributed by atoms with Crippen LogP contribution in [0.5, 0.6) is 0 Å². The van der Waals surface area contributed by atoms with Crippen LogP contribution in [0.3, 0.4) is 0 Å². The van der Waals surface area contributed by atoms with Gasteiger partial charge in [-0.25, -0.2) is 15.4 Å². The predicted octanol–water partition coefficient (Wildman–Crippen LogP) is -1.09. The third-order valence-electron chi connectivity index (χ3n) is 0.271. The van der Waals surface area contributed by atoms with E-state index in [0.717, 1.165) is 6.08 Å². The first-order valence-electron chi connectivity index (χ1n) is 1.39. The van der Waals surface area contributed by atoms with Crippen LogP contribution in [-0.4, -0.2) is 12.1 Å². The van der Waals surface area contributed by atoms with E-state index in [1.54, 1.807) is 5.43 Å². The van der Waals surface area contributed by atoms with Gasteiger partial charge in [0.15, 0.2) is 0 Å². The van der Waals surface area contributed by atoms with Crippen LogP contribution in [0.25, 0.3) is 0 Å². The van der Waals surface area contributed by atoms with Gasteiger partial charge < -0.3 is 0 Å². The number of amides is 2. The van der Waals surface area contributed by atoms with Crippen LogP contribution in [0, 0.1) is 0 Å². The van der Waals surface area contributed by atoms with Crippen LogP contribution in [0.1, 0.15) is 0 Å². The minimum Gasteiger partial charge on any atom is -0.273 e. The number of hydrazine groups is 1. The number of nitrogens with one attached hydrogen (secondary N) is 1. The van der Waals surface area contributed by atoms with Crippen molar-refractivity contribution in [1.29, 1.82) is 0 Å². The topological polar surface area (TPSA) is 84.5 Å². The molecule has 0 spiro atoms. The number of isocyanates is 1. The number of hydrogen-bond donors (Lipinski definition) is 2. The van der Waals surface area contributed by atoms with Gasteiger partial charge in [-0.15, -0.1) is 4.99 Å². The minimum atomic E-state index is -0.894. The normalized spacial score (nSPS) is 6.43. The molecule has 0 saturated carbocycles. The number of rotatable bonds is 0. The second-order valence-electron chi connectivity index (χ2n) is 0.653. The molecule has 3 N–H and O–H groups in total. The molecule has 0 heterocycles. The summed E-state index contributed by atoms with van der Waals surface area (Å²) in [6.07, 6.45) is 1.00. The number of hydrogen-bond acceptors (Lipinski definition) is 3. The SMILES string of the molecule is NNC(=O)N=C=O. The molecule has 0 radical (unpaired) electrons. The summed E-state index contributed by atoms with van der Waals surface area (Å²) in [6.45, 7) is 0. The van der Waals surface area contributed by atoms with E-state index < -0.39 is 6.03 Å². The Bertz CT molecular complexity index is 114. The fourth-order valence-electron chi connectivity index (χ4n) is 0.0737. The summed E-state index contributed by atoms with van der Waals surface area (Å²) < 4.78 is 0. The van der Waals surface area contributed by atoms with Crippen molar-refractivity contribution in [2.45, 2.75) is 0 Å². The van der Waals surface area contributed by atoms with Gasteiger partial charge in [0, 0.05) is 0 Å². The second kappa shape index (κ2) is 3.02. The smallest absolute Gasteiger partial charge is 0.273 e. The summed E-state index contributed by atoms with van der Waals surface area (Å²) in [6, 6.07) is -0.894. The molecule has 0 atom stereocenters. The third kappa shape index (κ3) is 2.62. The van der Waals surface area contributed by atoms with Crippen molar-refractivity contribution in [2.24, 2.45) is 10.8 Å². The Labute approximate surface area is 39.2 Å². The van der Waals surface area contributed by atoms with Gasteiger partial charge in [-0.2, -0.15) is 0 Å². The van der Waals surface area contributed by atoms with Crippen molar-refractivity contribution in [2.75, 3.05) is 0 Å². The van der Waals surface area contributed by atoms with Crippen molar-refractivity contribution >= 4 is 12.1 Å². The highest BCUT2D eigenvalue weighted by Gasteiger charge is 1.85. The zero-order chi connectivity index (χ0) is 5.70. The largest absolute Gasteiger partial charge is 0.365 e. The lowest BCUT2D eigenvalue weighted by atomic mass is 11.1. The maximum atomic E-state index is 9.75. The maximum absolute atomic E-state index is 9.75. The van der Waals surface area contributed by atoms with E-state index >= 15 is 0 Å². The Kier molecular flexibility index (Phi) is 2.50. The van der Waals surface area contributed by atoms with Crippen molar-refractivity contribution in [3.63, 3.8) is 0 Å². The molecule has 0 aliphatic carbocycles. The van der Waals surface area contributed by atoms with Gasteiger partial charge in [-0.05, 0) is 0 Å². The van der Waals surface area contributed by atoms with Crippen molar-refractivity contribution in [3.8, 4) is 0 Å². The van der Waals surface area contributed by atoms with Gasteiger partial charge >= 0.3 is 6.03 Å². The maximum Gasteiger partial charge on any atom is 0.365 e. The van der Waals surface area contributed by atoms with Gasteiger partial charge in [-0.3, -0.25) is 5.43 Å². The van der Waals surface area contributed by atoms with E-state index in [0.29, 0.717) is 0 Å². The lowest BCUT2D eigenvalue weighted by molar-refractivity contribution is 0.249. The summed E-state index contributed by atoms with van der Waals surface area (Å²) in [5.74, 6) is 4.49. The van der Waals surface area contributed by atoms with Crippen molar-refractivity contribution in [1.82, 2.24) is 5.43 Å². The summed E-state index contributed by atoms with van der Waals surface area (Å²) >= 11 is 0. The summed E-state index contributed by atoms with van der Waals surface area (Å²) in [4.78, 5) is 21.5. The number of nitrogens with two attached hydrogens (primary N) is 1. The molecule has 38 valence electrons. The first-order chi connectivity index (χ1) is 3.31. The Morgan fingerprint density at radius 1 is 1.86 bits per heavy atom. The van der Waals surface area contributed by atoms with Crippen LogP contribution in [0.15, 0.2) is 4.99 Å². The molecule has 0 aromatic carbocycles. The summed E-state index contributed by atoms with van der Waals surface area (Å²) in [7, 11) is 0. The molecular weight excluding hydrogens is 98.0 g/mol. The third-order valence-corrected chi connectivity index (χ3v) is 0.271. The Morgan fingerprint density at radius 3 is 2.57 bits per heavy atom. The summed E-state index contributed by atoms with van der Waals surface area (Å²) in [5.41, 5.74) is 1.60. The van der Waals surface area contributed by atoms with Gasteiger partial charge in [0.05, 0.1) is 0 Å². The van der Waals surface area contributed by atoms with Crippen molar-refractivity contribution in [3.05, 3.63) is 0 Å². The first-order valence-corrected chi connectivity index (χ1v) is 1.39. The quantitative estimate of drug-likeness (QED) is 0.133. The van der Waals surface area contributed by atoms with Gasteiger partial charge in [0.1, 0.15) is 0 Å². The molecule has 0 fully saturated rings. The van der Waals surface area contributed by atoms with E-state index in [1.165, 1.54) is 0 Å². The molecule has 0 aromatic heterocycles. The number of aliphatic imine (C=N–C) groups is 1. The summed E-state index contributed by atoms with van der Waals surface area (Å²) in [5, 5.41) is 0. The van der Waals surface area contributed by atoms with Crippen molar-refractivity contribution < 1.29 is 9.59 Å². The van der Waals surface area contributed by atoms with Crippen LogP contribution in [-0.2, 0) is 4.79 Å². The Balaban J connectivity index is 3.58. The second-order valence-corrected chi connectivity index (χ2v) is 0.653. The van der Waals surface area contributed by atoms with E-state index in [9.17, 15) is 4.79 Å². The monoisotopic (exact) mass is 101 g/mol. The zero-order valence-electron chi connectivity index (χ0n) is 3.34.